The molecule has 0 N–H and O–H groups in total. The minimum absolute atomic E-state index is 0. The summed E-state index contributed by atoms with van der Waals surface area (Å²) < 4.78 is 7.66. The number of furan rings is 1. The first-order valence-electron chi connectivity index (χ1n) is 15.8. The van der Waals surface area contributed by atoms with Crippen LogP contribution in [0.1, 0.15) is 0 Å². The van der Waals surface area contributed by atoms with Gasteiger partial charge >= 0.3 is 135 Å². The molecular formula is C43H34GeIrN2O-2. The Morgan fingerprint density at radius 1 is 0.562 bits per heavy atom. The van der Waals surface area contributed by atoms with E-state index in [1.165, 1.54) is 21.1 Å². The number of hydrogen-bond donors (Lipinski definition) is 0. The number of nitrogens with zero attached hydrogens (tertiary/aromatic N) is 2. The van der Waals surface area contributed by atoms with Gasteiger partial charge in [0.05, 0.1) is 5.58 Å². The molecule has 237 valence electrons. The number of hydrogen-bond acceptors (Lipinski definition) is 3. The third-order valence-corrected chi connectivity index (χ3v) is 12.5. The topological polar surface area (TPSA) is 38.9 Å². The summed E-state index contributed by atoms with van der Waals surface area (Å²) in [5.74, 6) is 7.16. The van der Waals surface area contributed by atoms with Crippen LogP contribution in [0.25, 0.3) is 66.7 Å². The molecule has 5 aromatic carbocycles. The van der Waals surface area contributed by atoms with Crippen LogP contribution in [0.4, 0.5) is 0 Å². The number of rotatable bonds is 5. The minimum Gasteiger partial charge on any atom is -0.501 e. The van der Waals surface area contributed by atoms with Crippen molar-refractivity contribution in [1.82, 2.24) is 9.97 Å². The maximum atomic E-state index is 6.23. The normalized spacial score (nSPS) is 11.1. The zero-order chi connectivity index (χ0) is 32.2. The van der Waals surface area contributed by atoms with Crippen LogP contribution in [0.2, 0.25) is 17.3 Å². The summed E-state index contributed by atoms with van der Waals surface area (Å²) in [7, 11) is 0. The van der Waals surface area contributed by atoms with Crippen LogP contribution in [0, 0.1) is 12.1 Å². The van der Waals surface area contributed by atoms with Crippen molar-refractivity contribution in [2.24, 2.45) is 0 Å². The molecule has 0 amide bonds. The van der Waals surface area contributed by atoms with Gasteiger partial charge in [-0.15, -0.1) is 18.2 Å². The Morgan fingerprint density at radius 2 is 1.25 bits per heavy atom. The van der Waals surface area contributed by atoms with Crippen LogP contribution in [-0.2, 0) is 20.1 Å². The maximum Gasteiger partial charge on any atom is 0.121 e. The summed E-state index contributed by atoms with van der Waals surface area (Å²) in [6.07, 6.45) is 3.84. The Morgan fingerprint density at radius 3 is 1.90 bits per heavy atom. The van der Waals surface area contributed by atoms with E-state index in [4.69, 9.17) is 4.42 Å². The number of pyridine rings is 2. The van der Waals surface area contributed by atoms with E-state index in [9.17, 15) is 0 Å². The second-order valence-electron chi connectivity index (χ2n) is 12.5. The van der Waals surface area contributed by atoms with E-state index >= 15 is 0 Å². The molecule has 0 unspecified atom stereocenters. The summed E-state index contributed by atoms with van der Waals surface area (Å²) in [5.41, 5.74) is 10.3. The molecule has 1 radical (unpaired) electrons. The number of benzene rings is 5. The smallest absolute Gasteiger partial charge is 0.121 e. The van der Waals surface area contributed by atoms with Crippen LogP contribution in [0.15, 0.2) is 156 Å². The van der Waals surface area contributed by atoms with E-state index in [1.807, 2.05) is 54.6 Å². The standard InChI is InChI=1S/C23H14NO.C20H20GeN.Ir/c1-2-7-16(8-3-1)17-12-13-18-19-9-6-10-20(21-11-4-5-14-24-21)23(19)25-22(18)15-17;1-21(2,3)19-12-13-20(22-15-19)18-11-7-10-17(14-18)16-8-5-4-6-9-16;/h1-9,11-15H;4-10,12-15H,1-3H3;/q2*-1;. The molecule has 3 heterocycles. The van der Waals surface area contributed by atoms with Crippen molar-refractivity contribution < 1.29 is 24.5 Å². The molecule has 0 aliphatic heterocycles. The summed E-state index contributed by atoms with van der Waals surface area (Å²) in [6, 6.07) is 54.2. The number of fused-ring (bicyclic) bond motifs is 3. The molecule has 3 nitrogen and oxygen atoms in total. The Hall–Kier alpha value is -4.61. The van der Waals surface area contributed by atoms with Gasteiger partial charge < -0.3 is 9.40 Å². The Balaban J connectivity index is 0.000000165. The van der Waals surface area contributed by atoms with E-state index < -0.39 is 13.3 Å². The van der Waals surface area contributed by atoms with Crippen LogP contribution >= 0.6 is 0 Å². The van der Waals surface area contributed by atoms with Gasteiger partial charge in [0, 0.05) is 31.7 Å². The summed E-state index contributed by atoms with van der Waals surface area (Å²) >= 11 is -1.79. The Bertz CT molecular complexity index is 2260. The van der Waals surface area contributed by atoms with Gasteiger partial charge in [0.15, 0.2) is 0 Å². The second-order valence-corrected chi connectivity index (χ2v) is 23.2. The Labute approximate surface area is 298 Å². The first kappa shape index (κ1) is 33.3. The van der Waals surface area contributed by atoms with E-state index in [-0.39, 0.29) is 20.1 Å². The van der Waals surface area contributed by atoms with Crippen molar-refractivity contribution in [2.45, 2.75) is 17.3 Å². The largest absolute Gasteiger partial charge is 0.501 e. The van der Waals surface area contributed by atoms with Gasteiger partial charge in [0.1, 0.15) is 5.58 Å². The molecular weight excluding hydrogens is 825 g/mol. The molecule has 0 fully saturated rings. The van der Waals surface area contributed by atoms with E-state index in [1.54, 1.807) is 6.20 Å². The molecule has 3 aromatic heterocycles. The van der Waals surface area contributed by atoms with Gasteiger partial charge in [-0.25, -0.2) is 0 Å². The first-order valence-corrected chi connectivity index (χ1v) is 23.2. The van der Waals surface area contributed by atoms with Gasteiger partial charge in [-0.3, -0.25) is 0 Å². The van der Waals surface area contributed by atoms with E-state index in [2.05, 4.69) is 130 Å². The van der Waals surface area contributed by atoms with Crippen molar-refractivity contribution in [1.29, 1.82) is 0 Å². The van der Waals surface area contributed by atoms with Gasteiger partial charge in [-0.2, -0.15) is 0 Å². The molecule has 0 saturated carbocycles. The first-order chi connectivity index (χ1) is 22.9. The molecule has 48 heavy (non-hydrogen) atoms. The van der Waals surface area contributed by atoms with Gasteiger partial charge in [-0.1, -0.05) is 65.5 Å². The fourth-order valence-electron chi connectivity index (χ4n) is 5.67. The van der Waals surface area contributed by atoms with Gasteiger partial charge in [0.25, 0.3) is 0 Å². The zero-order valence-corrected chi connectivity index (χ0v) is 31.6. The van der Waals surface area contributed by atoms with Crippen LogP contribution in [-0.4, -0.2) is 23.2 Å². The summed E-state index contributed by atoms with van der Waals surface area (Å²) in [4.78, 5) is 9.11. The molecule has 0 spiro atoms. The molecule has 0 aliphatic carbocycles. The monoisotopic (exact) mass is 861 g/mol. The van der Waals surface area contributed by atoms with Crippen LogP contribution in [0.5, 0.6) is 0 Å². The molecule has 5 heteroatoms. The van der Waals surface area contributed by atoms with Crippen LogP contribution < -0.4 is 4.40 Å². The second kappa shape index (κ2) is 14.7. The fourth-order valence-corrected chi connectivity index (χ4v) is 7.85. The van der Waals surface area contributed by atoms with Gasteiger partial charge in [0.2, 0.25) is 0 Å². The van der Waals surface area contributed by atoms with Crippen molar-refractivity contribution >= 4 is 39.6 Å². The van der Waals surface area contributed by atoms with Crippen molar-refractivity contribution in [3.05, 3.63) is 164 Å². The molecule has 0 bridgehead atoms. The fraction of sp³-hybridized carbons (Fsp3) is 0.0698. The molecule has 0 atom stereocenters. The third kappa shape index (κ3) is 7.27. The summed E-state index contributed by atoms with van der Waals surface area (Å²) in [6.45, 7) is 0. The third-order valence-electron chi connectivity index (χ3n) is 8.28. The Kier molecular flexibility index (Phi) is 10.2. The average Bonchev–Trinajstić information content (AvgIpc) is 3.51. The van der Waals surface area contributed by atoms with Crippen molar-refractivity contribution in [3.63, 3.8) is 0 Å². The number of aromatic nitrogens is 2. The molecule has 0 saturated heterocycles. The van der Waals surface area contributed by atoms with E-state index in [0.29, 0.717) is 0 Å². The molecule has 0 aliphatic rings. The molecule has 8 rings (SSSR count). The SMILES string of the molecule is [CH3][Ge]([CH3])([CH3])[c]1ccc(-c2[c-]ccc(-c3ccccc3)c2)nc1.[Ir].[c-]1ccc2c(oc3cc(-c4ccccc4)ccc32)c1-c1ccccn1. The van der Waals surface area contributed by atoms with Crippen LogP contribution in [0.3, 0.4) is 0 Å². The quantitative estimate of drug-likeness (QED) is 0.128. The minimum atomic E-state index is -1.79. The summed E-state index contributed by atoms with van der Waals surface area (Å²) in [5, 5.41) is 2.20. The predicted molar refractivity (Wildman–Crippen MR) is 198 cm³/mol. The average molecular weight is 860 g/mol. The van der Waals surface area contributed by atoms with Crippen molar-refractivity contribution in [3.8, 4) is 44.8 Å². The molecule has 8 aromatic rings. The van der Waals surface area contributed by atoms with Crippen molar-refractivity contribution in [2.75, 3.05) is 0 Å². The maximum absolute atomic E-state index is 6.23. The van der Waals surface area contributed by atoms with E-state index in [0.717, 1.165) is 50.0 Å². The predicted octanol–water partition coefficient (Wildman–Crippen LogP) is 10.9. The van der Waals surface area contributed by atoms with Gasteiger partial charge in [-0.05, 0) is 29.0 Å². The zero-order valence-electron chi connectivity index (χ0n) is 27.1.